The second-order valence-electron chi connectivity index (χ2n) is 12.9. The summed E-state index contributed by atoms with van der Waals surface area (Å²) in [6.07, 6.45) is -0.00205. The molecule has 2 unspecified atom stereocenters. The van der Waals surface area contributed by atoms with Crippen molar-refractivity contribution < 1.29 is 54.2 Å². The lowest BCUT2D eigenvalue weighted by atomic mass is 9.65. The lowest BCUT2D eigenvalue weighted by Gasteiger charge is -2.46. The molecule has 0 saturated carbocycles. The first-order valence-corrected chi connectivity index (χ1v) is 14.7. The van der Waals surface area contributed by atoms with Gasteiger partial charge in [0.25, 0.3) is 0 Å². The van der Waals surface area contributed by atoms with Crippen molar-refractivity contribution >= 4 is 40.4 Å². The van der Waals surface area contributed by atoms with E-state index in [0.29, 0.717) is 6.29 Å². The Hall–Kier alpha value is -5.55. The van der Waals surface area contributed by atoms with E-state index in [0.717, 1.165) is 0 Å². The number of hydrogen-bond acceptors (Lipinski definition) is 11. The molecular weight excluding hydrogens is 608 g/mol. The van der Waals surface area contributed by atoms with Gasteiger partial charge in [-0.05, 0) is 74.5 Å². The first-order valence-electron chi connectivity index (χ1n) is 14.7. The Balaban J connectivity index is 1.56. The molecule has 0 heterocycles. The molecule has 0 bridgehead atoms. The predicted molar refractivity (Wildman–Crippen MR) is 168 cm³/mol. The Morgan fingerprint density at radius 3 is 2.13 bits per heavy atom. The number of esters is 1. The van der Waals surface area contributed by atoms with E-state index in [2.05, 4.69) is 0 Å². The maximum Gasteiger partial charge on any atom is 0.303 e. The summed E-state index contributed by atoms with van der Waals surface area (Å²) in [6.45, 7) is 7.32. The van der Waals surface area contributed by atoms with Gasteiger partial charge >= 0.3 is 5.97 Å². The number of rotatable bonds is 4. The van der Waals surface area contributed by atoms with Gasteiger partial charge in [0.1, 0.15) is 28.6 Å². The molecule has 4 aromatic rings. The van der Waals surface area contributed by atoms with E-state index in [4.69, 9.17) is 4.74 Å². The fourth-order valence-electron chi connectivity index (χ4n) is 7.54. The number of phenols is 4. The van der Waals surface area contributed by atoms with Crippen molar-refractivity contribution in [3.8, 4) is 34.1 Å². The van der Waals surface area contributed by atoms with Gasteiger partial charge in [-0.15, -0.1) is 0 Å². The number of Topliss-reactive ketones (excluding diaryl/α,β-unsaturated/α-hetero) is 1. The summed E-state index contributed by atoms with van der Waals surface area (Å²) >= 11 is 0. The average molecular weight is 639 g/mol. The van der Waals surface area contributed by atoms with Gasteiger partial charge in [-0.2, -0.15) is 0 Å². The van der Waals surface area contributed by atoms with E-state index in [1.165, 1.54) is 57.2 Å². The Morgan fingerprint density at radius 1 is 0.872 bits per heavy atom. The van der Waals surface area contributed by atoms with Gasteiger partial charge < -0.3 is 30.3 Å². The quantitative estimate of drug-likeness (QED) is 0.131. The zero-order chi connectivity index (χ0) is 34.5. The smallest absolute Gasteiger partial charge is 0.303 e. The monoisotopic (exact) mass is 638 g/mol. The summed E-state index contributed by atoms with van der Waals surface area (Å²) in [4.78, 5) is 64.2. The highest BCUT2D eigenvalue weighted by Gasteiger charge is 2.52. The number of aliphatic hydroxyl groups is 1. The van der Waals surface area contributed by atoms with Crippen molar-refractivity contribution in [1.82, 2.24) is 0 Å². The second-order valence-corrected chi connectivity index (χ2v) is 12.9. The molecule has 47 heavy (non-hydrogen) atoms. The molecule has 2 aliphatic carbocycles. The van der Waals surface area contributed by atoms with Crippen LogP contribution in [0.25, 0.3) is 21.9 Å². The molecule has 0 aromatic heterocycles. The number of fused-ring (bicyclic) bond motifs is 4. The Kier molecular flexibility index (Phi) is 6.84. The topological polar surface area (TPSA) is 196 Å². The van der Waals surface area contributed by atoms with Gasteiger partial charge in [-0.1, -0.05) is 6.07 Å². The fourth-order valence-corrected chi connectivity index (χ4v) is 7.54. The number of phenolic OH excluding ortho intramolecular Hbond substituents is 4. The number of benzene rings is 4. The van der Waals surface area contributed by atoms with Crippen LogP contribution in [0.15, 0.2) is 36.4 Å². The highest BCUT2D eigenvalue weighted by atomic mass is 16.6. The molecule has 0 amide bonds. The molecule has 4 aromatic carbocycles. The van der Waals surface area contributed by atoms with E-state index in [-0.39, 0.29) is 55.3 Å². The normalized spacial score (nSPS) is 18.9. The first kappa shape index (κ1) is 31.4. The number of carbonyl (C=O) groups is 5. The van der Waals surface area contributed by atoms with Gasteiger partial charge in [0.05, 0.1) is 33.6 Å². The van der Waals surface area contributed by atoms with Crippen LogP contribution in [-0.2, 0) is 9.53 Å². The molecule has 240 valence electrons. The second kappa shape index (κ2) is 10.2. The summed E-state index contributed by atoms with van der Waals surface area (Å²) in [6, 6.07) is 8.12. The molecule has 2 aliphatic rings. The molecule has 0 aliphatic heterocycles. The molecule has 2 atom stereocenters. The predicted octanol–water partition coefficient (Wildman–Crippen LogP) is 4.99. The fraction of sp³-hybridized carbons (Fsp3) is 0.250. The summed E-state index contributed by atoms with van der Waals surface area (Å²) in [5.74, 6) is -6.25. The Labute approximate surface area is 267 Å². The standard InChI is InChI=1S/C36H30O11/c1-14-10-22(39)28-26(21(14)13-37)31(43)19-9-8-18(30(42)27(19)33(28)45)17-7-6-16-11-20-25(32(44)24(16)29(17)41)23(40)12-36(5,46)34(20)35(3,4)47-15(2)38/h6-11,13,34,39,41-42,44,46H,12H2,1-5H3. The minimum atomic E-state index is -1.66. The average Bonchev–Trinajstić information content (AvgIpc) is 2.94. The highest BCUT2D eigenvalue weighted by molar-refractivity contribution is 6.32. The molecule has 11 nitrogen and oxygen atoms in total. The van der Waals surface area contributed by atoms with Crippen molar-refractivity contribution in [2.75, 3.05) is 0 Å². The Morgan fingerprint density at radius 2 is 1.49 bits per heavy atom. The number of ether oxygens (including phenoxy) is 1. The largest absolute Gasteiger partial charge is 0.507 e. The number of hydrogen-bond donors (Lipinski definition) is 5. The molecule has 0 radical (unpaired) electrons. The number of carbonyl (C=O) groups excluding carboxylic acids is 5. The molecule has 0 fully saturated rings. The van der Waals surface area contributed by atoms with Crippen molar-refractivity contribution in [2.45, 2.75) is 58.2 Å². The van der Waals surface area contributed by atoms with Crippen LogP contribution in [0.3, 0.4) is 0 Å². The summed E-state index contributed by atoms with van der Waals surface area (Å²) < 4.78 is 5.53. The lowest BCUT2D eigenvalue weighted by Crippen LogP contribution is -2.51. The van der Waals surface area contributed by atoms with Gasteiger partial charge in [-0.25, -0.2) is 0 Å². The lowest BCUT2D eigenvalue weighted by molar-refractivity contribution is -0.162. The number of ketones is 3. The van der Waals surface area contributed by atoms with Gasteiger partial charge in [0, 0.05) is 41.2 Å². The molecule has 11 heteroatoms. The van der Waals surface area contributed by atoms with Crippen LogP contribution in [-0.4, -0.2) is 66.3 Å². The van der Waals surface area contributed by atoms with E-state index in [9.17, 15) is 49.5 Å². The van der Waals surface area contributed by atoms with E-state index < -0.39 is 81.0 Å². The number of aromatic hydroxyl groups is 4. The third-order valence-corrected chi connectivity index (χ3v) is 9.18. The zero-order valence-corrected chi connectivity index (χ0v) is 26.0. The third kappa shape index (κ3) is 4.41. The molecule has 0 saturated heterocycles. The van der Waals surface area contributed by atoms with Crippen LogP contribution in [0.2, 0.25) is 0 Å². The van der Waals surface area contributed by atoms with E-state index in [1.54, 1.807) is 13.8 Å². The van der Waals surface area contributed by atoms with Crippen molar-refractivity contribution in [2.24, 2.45) is 0 Å². The third-order valence-electron chi connectivity index (χ3n) is 9.18. The van der Waals surface area contributed by atoms with Crippen LogP contribution in [0, 0.1) is 6.92 Å². The van der Waals surface area contributed by atoms with Crippen molar-refractivity contribution in [3.63, 3.8) is 0 Å². The van der Waals surface area contributed by atoms with Crippen molar-refractivity contribution in [1.29, 1.82) is 0 Å². The maximum atomic E-state index is 13.7. The number of aldehydes is 1. The van der Waals surface area contributed by atoms with E-state index in [1.807, 2.05) is 0 Å². The SMILES string of the molecule is CC(=O)OC(C)(C)C1c2cc3ccc(-c4ccc5c(c4O)C(=O)c4c(O)cc(C)c(C=O)c4C5=O)c(O)c3c(O)c2C(=O)CC1(C)O. The van der Waals surface area contributed by atoms with E-state index >= 15 is 0 Å². The van der Waals surface area contributed by atoms with Crippen LogP contribution >= 0.6 is 0 Å². The van der Waals surface area contributed by atoms with Crippen LogP contribution < -0.4 is 0 Å². The molecule has 0 spiro atoms. The highest BCUT2D eigenvalue weighted by Crippen LogP contribution is 2.53. The van der Waals surface area contributed by atoms with Gasteiger partial charge in [0.15, 0.2) is 17.9 Å². The van der Waals surface area contributed by atoms with Crippen LogP contribution in [0.4, 0.5) is 0 Å². The zero-order valence-electron chi connectivity index (χ0n) is 26.0. The summed E-state index contributed by atoms with van der Waals surface area (Å²) in [5, 5.41) is 56.5. The van der Waals surface area contributed by atoms with Gasteiger partial charge in [0.2, 0.25) is 5.78 Å². The van der Waals surface area contributed by atoms with Crippen LogP contribution in [0.1, 0.15) is 104 Å². The maximum absolute atomic E-state index is 13.7. The molecular formula is C36H30O11. The molecule has 5 N–H and O–H groups in total. The first-order chi connectivity index (χ1) is 21.9. The minimum Gasteiger partial charge on any atom is -0.507 e. The van der Waals surface area contributed by atoms with Crippen molar-refractivity contribution in [3.05, 3.63) is 80.9 Å². The minimum absolute atomic E-state index is 0.0622. The summed E-state index contributed by atoms with van der Waals surface area (Å²) in [7, 11) is 0. The molecule has 6 rings (SSSR count). The Bertz CT molecular complexity index is 2150. The number of aryl methyl sites for hydroxylation is 1. The van der Waals surface area contributed by atoms with Crippen LogP contribution in [0.5, 0.6) is 23.0 Å². The van der Waals surface area contributed by atoms with Gasteiger partial charge in [-0.3, -0.25) is 24.0 Å². The summed E-state index contributed by atoms with van der Waals surface area (Å²) in [5.41, 5.74) is -4.26.